The van der Waals surface area contributed by atoms with Crippen LogP contribution in [0.25, 0.3) is 88.4 Å². The van der Waals surface area contributed by atoms with Crippen LogP contribution in [-0.4, -0.2) is 15.0 Å². The second-order valence-corrected chi connectivity index (χ2v) is 16.9. The molecular weight excluding hydrogens is 747 g/mol. The van der Waals surface area contributed by atoms with Gasteiger partial charge in [-0.25, -0.2) is 15.0 Å². The molecule has 3 aromatic heterocycles. The molecule has 3 nitrogen and oxygen atoms in total. The zero-order valence-corrected chi connectivity index (χ0v) is 33.1. The molecule has 4 heteroatoms. The Balaban J connectivity index is 1.06. The summed E-state index contributed by atoms with van der Waals surface area (Å²) in [4.78, 5) is 18.6. The lowest BCUT2D eigenvalue weighted by molar-refractivity contribution is 0.726. The predicted molar refractivity (Wildman–Crippen MR) is 248 cm³/mol. The minimum Gasteiger partial charge on any atom is -0.247 e. The maximum atomic E-state index is 5.56. The van der Waals surface area contributed by atoms with Crippen molar-refractivity contribution in [2.75, 3.05) is 0 Å². The number of fused-ring (bicyclic) bond motifs is 16. The van der Waals surface area contributed by atoms with Crippen LogP contribution >= 0.6 is 11.8 Å². The highest BCUT2D eigenvalue weighted by Gasteiger charge is 2.50. The Morgan fingerprint density at radius 3 is 1.72 bits per heavy atom. The molecule has 1 aliphatic heterocycles. The Hall–Kier alpha value is -7.40. The number of benzene rings is 8. The van der Waals surface area contributed by atoms with E-state index in [0.29, 0.717) is 0 Å². The van der Waals surface area contributed by atoms with E-state index in [4.69, 9.17) is 15.0 Å². The molecule has 4 heterocycles. The zero-order valence-electron chi connectivity index (χ0n) is 32.3. The molecule has 0 unspecified atom stereocenters. The molecule has 1 spiro atoms. The molecule has 0 bridgehead atoms. The summed E-state index contributed by atoms with van der Waals surface area (Å²) >= 11 is 1.88. The second-order valence-electron chi connectivity index (χ2n) is 15.8. The van der Waals surface area contributed by atoms with Crippen LogP contribution in [0.2, 0.25) is 0 Å². The lowest BCUT2D eigenvalue weighted by Crippen LogP contribution is -2.32. The normalized spacial score (nSPS) is 13.4. The van der Waals surface area contributed by atoms with E-state index in [1.165, 1.54) is 53.9 Å². The molecule has 0 atom stereocenters. The summed E-state index contributed by atoms with van der Waals surface area (Å²) in [5, 5.41) is 5.68. The summed E-state index contributed by atoms with van der Waals surface area (Å²) in [5.74, 6) is 0. The van der Waals surface area contributed by atoms with E-state index in [1.54, 1.807) is 0 Å². The number of pyridine rings is 3. The summed E-state index contributed by atoms with van der Waals surface area (Å²) < 4.78 is 0. The van der Waals surface area contributed by atoms with E-state index < -0.39 is 5.41 Å². The first-order chi connectivity index (χ1) is 29.7. The molecule has 11 aromatic rings. The van der Waals surface area contributed by atoms with Crippen LogP contribution in [0, 0.1) is 0 Å². The fourth-order valence-electron chi connectivity index (χ4n) is 10.1. The van der Waals surface area contributed by atoms with Gasteiger partial charge in [-0.3, -0.25) is 0 Å². The number of rotatable bonds is 3. The van der Waals surface area contributed by atoms with Crippen LogP contribution < -0.4 is 0 Å². The smallest absolute Gasteiger partial charge is 0.0972 e. The van der Waals surface area contributed by atoms with Crippen LogP contribution in [0.3, 0.4) is 0 Å². The Bertz CT molecular complexity index is 3550. The fourth-order valence-corrected chi connectivity index (χ4v) is 11.4. The second kappa shape index (κ2) is 12.8. The van der Waals surface area contributed by atoms with Gasteiger partial charge in [-0.1, -0.05) is 182 Å². The van der Waals surface area contributed by atoms with Gasteiger partial charge in [-0.05, 0) is 69.1 Å². The van der Waals surface area contributed by atoms with Crippen LogP contribution in [0.1, 0.15) is 22.3 Å². The van der Waals surface area contributed by atoms with Crippen molar-refractivity contribution >= 4 is 55.2 Å². The van der Waals surface area contributed by atoms with Crippen LogP contribution in [0.15, 0.2) is 210 Å². The van der Waals surface area contributed by atoms with Crippen molar-refractivity contribution in [1.29, 1.82) is 0 Å². The van der Waals surface area contributed by atoms with Gasteiger partial charge in [0.15, 0.2) is 0 Å². The maximum absolute atomic E-state index is 5.56. The van der Waals surface area contributed by atoms with Crippen LogP contribution in [0.4, 0.5) is 0 Å². The van der Waals surface area contributed by atoms with Gasteiger partial charge in [0.25, 0.3) is 0 Å². The Morgan fingerprint density at radius 1 is 0.383 bits per heavy atom. The molecule has 1 aliphatic carbocycles. The van der Waals surface area contributed by atoms with Gasteiger partial charge >= 0.3 is 0 Å². The fraction of sp³-hybridized carbons (Fsp3) is 0.0179. The molecule has 8 aromatic carbocycles. The lowest BCUT2D eigenvalue weighted by atomic mass is 9.67. The van der Waals surface area contributed by atoms with Crippen molar-refractivity contribution in [3.05, 3.63) is 222 Å². The maximum Gasteiger partial charge on any atom is 0.0972 e. The molecule has 0 fully saturated rings. The molecule has 0 saturated carbocycles. The van der Waals surface area contributed by atoms with Crippen molar-refractivity contribution in [2.24, 2.45) is 0 Å². The predicted octanol–water partition coefficient (Wildman–Crippen LogP) is 14.3. The number of para-hydroxylation sites is 1. The van der Waals surface area contributed by atoms with E-state index in [-0.39, 0.29) is 0 Å². The first-order valence-corrected chi connectivity index (χ1v) is 21.3. The van der Waals surface area contributed by atoms with Crippen molar-refractivity contribution in [3.63, 3.8) is 0 Å². The SMILES string of the molecule is c1ccc(-c2ccc3ccc4ccc(-c5cccc(-c6nc7ccccc7c7ccc8c(c67)Sc6ccccc6C86c7ccccc7-c7ccccc76)c5)nc4c3n2)cc1. The van der Waals surface area contributed by atoms with Gasteiger partial charge in [-0.15, -0.1) is 0 Å². The lowest BCUT2D eigenvalue weighted by Gasteiger charge is -2.40. The number of hydrogen-bond acceptors (Lipinski definition) is 4. The van der Waals surface area contributed by atoms with Gasteiger partial charge in [0.2, 0.25) is 0 Å². The molecule has 278 valence electrons. The number of aromatic nitrogens is 3. The molecule has 2 aliphatic rings. The number of nitrogens with zero attached hydrogens (tertiary/aromatic N) is 3. The molecule has 60 heavy (non-hydrogen) atoms. The molecule has 0 N–H and O–H groups in total. The van der Waals surface area contributed by atoms with Gasteiger partial charge in [0, 0.05) is 48.0 Å². The first kappa shape index (κ1) is 33.6. The highest BCUT2D eigenvalue weighted by molar-refractivity contribution is 7.99. The largest absolute Gasteiger partial charge is 0.247 e. The zero-order chi connectivity index (χ0) is 39.4. The van der Waals surface area contributed by atoms with Crippen molar-refractivity contribution in [2.45, 2.75) is 15.2 Å². The van der Waals surface area contributed by atoms with Gasteiger partial charge in [-0.2, -0.15) is 0 Å². The van der Waals surface area contributed by atoms with E-state index >= 15 is 0 Å². The van der Waals surface area contributed by atoms with E-state index in [0.717, 1.165) is 66.5 Å². The molecule has 0 amide bonds. The highest BCUT2D eigenvalue weighted by Crippen LogP contribution is 2.63. The summed E-state index contributed by atoms with van der Waals surface area (Å²) in [6, 6.07) is 72.4. The summed E-state index contributed by atoms with van der Waals surface area (Å²) in [6.07, 6.45) is 0. The summed E-state index contributed by atoms with van der Waals surface area (Å²) in [6.45, 7) is 0. The van der Waals surface area contributed by atoms with Crippen LogP contribution in [-0.2, 0) is 5.41 Å². The van der Waals surface area contributed by atoms with Gasteiger partial charge in [0.1, 0.15) is 0 Å². The average molecular weight is 780 g/mol. The number of hydrogen-bond donors (Lipinski definition) is 0. The van der Waals surface area contributed by atoms with E-state index in [1.807, 2.05) is 17.8 Å². The minimum atomic E-state index is -0.477. The molecular formula is C56H33N3S. The highest BCUT2D eigenvalue weighted by atomic mass is 32.2. The molecule has 13 rings (SSSR count). The first-order valence-electron chi connectivity index (χ1n) is 20.4. The van der Waals surface area contributed by atoms with Crippen molar-refractivity contribution in [3.8, 4) is 44.9 Å². The van der Waals surface area contributed by atoms with Gasteiger partial charge in [0.05, 0.1) is 39.0 Å². The third-order valence-electron chi connectivity index (χ3n) is 12.7. The monoisotopic (exact) mass is 779 g/mol. The average Bonchev–Trinajstić information content (AvgIpc) is 3.61. The standard InChI is InChI=1S/C56H33N3S/c1-2-13-34(14-3-1)47-31-27-35-25-26-36-28-32-48(58-54(36)53(35)57-47)37-15-12-16-38(33-37)52-51-42(41-19-6-10-23-49(41)59-52)29-30-46-55(51)60-50-24-11-9-22-45(50)56(46)43-20-7-4-17-39(43)40-18-5-8-21-44(40)56/h1-33H. The van der Waals surface area contributed by atoms with Gasteiger partial charge < -0.3 is 0 Å². The van der Waals surface area contributed by atoms with E-state index in [9.17, 15) is 0 Å². The topological polar surface area (TPSA) is 38.7 Å². The third kappa shape index (κ3) is 4.71. The van der Waals surface area contributed by atoms with Crippen molar-refractivity contribution < 1.29 is 0 Å². The van der Waals surface area contributed by atoms with E-state index in [2.05, 4.69) is 194 Å². The molecule has 0 saturated heterocycles. The Labute approximate surface area is 351 Å². The summed E-state index contributed by atoms with van der Waals surface area (Å²) in [7, 11) is 0. The Kier molecular flexibility index (Phi) is 7.16. The Morgan fingerprint density at radius 2 is 0.967 bits per heavy atom. The quantitative estimate of drug-likeness (QED) is 0.167. The summed E-state index contributed by atoms with van der Waals surface area (Å²) in [5.41, 5.74) is 16.2. The molecule has 0 radical (unpaired) electrons. The minimum absolute atomic E-state index is 0.477. The van der Waals surface area contributed by atoms with Crippen molar-refractivity contribution in [1.82, 2.24) is 15.0 Å². The van der Waals surface area contributed by atoms with Crippen LogP contribution in [0.5, 0.6) is 0 Å². The third-order valence-corrected chi connectivity index (χ3v) is 13.9.